The second-order valence-corrected chi connectivity index (χ2v) is 4.36. The van der Waals surface area contributed by atoms with Gasteiger partial charge in [-0.3, -0.25) is 0 Å². The van der Waals surface area contributed by atoms with Crippen LogP contribution in [0, 0.1) is 0 Å². The summed E-state index contributed by atoms with van der Waals surface area (Å²) in [5.41, 5.74) is 1.49. The van der Waals surface area contributed by atoms with E-state index < -0.39 is 0 Å². The minimum Gasteiger partial charge on any atom is -0.0654 e. The second kappa shape index (κ2) is 11.5. The molecule has 0 amide bonds. The van der Waals surface area contributed by atoms with Gasteiger partial charge in [-0.15, -0.1) is 0 Å². The molecule has 0 heterocycles. The first-order chi connectivity index (χ1) is 7.43. The van der Waals surface area contributed by atoms with E-state index in [2.05, 4.69) is 37.3 Å². The first-order valence-corrected chi connectivity index (χ1v) is 6.47. The van der Waals surface area contributed by atoms with Crippen LogP contribution in [0.3, 0.4) is 0 Å². The maximum atomic E-state index is 2.27. The summed E-state index contributed by atoms with van der Waals surface area (Å²) >= 11 is 0. The zero-order valence-corrected chi connectivity index (χ0v) is 10.0. The van der Waals surface area contributed by atoms with Crippen molar-refractivity contribution in [3.8, 4) is 0 Å². The molecule has 0 spiro atoms. The highest BCUT2D eigenvalue weighted by molar-refractivity contribution is 5.75. The van der Waals surface area contributed by atoms with Crippen molar-refractivity contribution >= 4 is 23.1 Å². The molecule has 0 aromatic heterocycles. The molecule has 1 heteroatoms. The number of unbranched alkanes of at least 4 members (excludes halogenated alkanes) is 6. The molecule has 88 valence electrons. The van der Waals surface area contributed by atoms with E-state index in [1.165, 1.54) is 56.9 Å². The lowest BCUT2D eigenvalue weighted by molar-refractivity contribution is 0.589. The van der Waals surface area contributed by atoms with Crippen LogP contribution in [0.1, 0.15) is 57.4 Å². The topological polar surface area (TPSA) is 0 Å². The Hall–Kier alpha value is -0.0138. The van der Waals surface area contributed by atoms with Crippen molar-refractivity contribution in [3.05, 3.63) is 35.9 Å². The molecular formula is C15H26Mg. The lowest BCUT2D eigenvalue weighted by atomic mass is 10.0. The third-order valence-electron chi connectivity index (χ3n) is 2.91. The van der Waals surface area contributed by atoms with Gasteiger partial charge < -0.3 is 0 Å². The van der Waals surface area contributed by atoms with E-state index in [4.69, 9.17) is 0 Å². The Labute approximate surface area is 117 Å². The largest absolute Gasteiger partial charge is 0.316 e. The summed E-state index contributed by atoms with van der Waals surface area (Å²) in [5.74, 6) is 0. The van der Waals surface area contributed by atoms with Crippen LogP contribution in [0.5, 0.6) is 0 Å². The molecule has 0 fully saturated rings. The number of hydrogen-bond acceptors (Lipinski definition) is 0. The van der Waals surface area contributed by atoms with Crippen LogP contribution in [-0.4, -0.2) is 23.1 Å². The van der Waals surface area contributed by atoms with Crippen molar-refractivity contribution in [1.82, 2.24) is 0 Å². The standard InChI is InChI=1S/C15H24.Mg.2H/c1-2-3-4-5-6-7-9-12-15-13-10-8-11-14-15;;;/h8,10-11,13-14H,2-7,9,12H2,1H3;;;. The van der Waals surface area contributed by atoms with Gasteiger partial charge in [0.15, 0.2) is 0 Å². The minimum absolute atomic E-state index is 0. The van der Waals surface area contributed by atoms with Crippen LogP contribution >= 0.6 is 0 Å². The van der Waals surface area contributed by atoms with Crippen LogP contribution in [0.4, 0.5) is 0 Å². The highest BCUT2D eigenvalue weighted by atomic mass is 24.3. The average molecular weight is 231 g/mol. The monoisotopic (exact) mass is 230 g/mol. The van der Waals surface area contributed by atoms with Gasteiger partial charge in [-0.2, -0.15) is 0 Å². The zero-order valence-electron chi connectivity index (χ0n) is 10.0. The number of aryl methyl sites for hydroxylation is 1. The normalized spacial score (nSPS) is 9.81. The summed E-state index contributed by atoms with van der Waals surface area (Å²) in [6.45, 7) is 2.27. The summed E-state index contributed by atoms with van der Waals surface area (Å²) < 4.78 is 0. The van der Waals surface area contributed by atoms with E-state index in [9.17, 15) is 0 Å². The van der Waals surface area contributed by atoms with E-state index in [1.54, 1.807) is 0 Å². The third-order valence-corrected chi connectivity index (χ3v) is 2.91. The van der Waals surface area contributed by atoms with Crippen LogP contribution in [0.15, 0.2) is 30.3 Å². The number of hydrogen-bond donors (Lipinski definition) is 0. The molecule has 0 aliphatic carbocycles. The van der Waals surface area contributed by atoms with Crippen LogP contribution in [-0.2, 0) is 6.42 Å². The van der Waals surface area contributed by atoms with E-state index >= 15 is 0 Å². The number of benzene rings is 1. The molecule has 0 radical (unpaired) electrons. The predicted octanol–water partition coefficient (Wildman–Crippen LogP) is 4.06. The summed E-state index contributed by atoms with van der Waals surface area (Å²) in [6, 6.07) is 10.8. The van der Waals surface area contributed by atoms with Crippen LogP contribution in [0.25, 0.3) is 0 Å². The molecule has 0 saturated heterocycles. The molecule has 0 bridgehead atoms. The molecule has 1 rings (SSSR count). The molecule has 16 heavy (non-hydrogen) atoms. The van der Waals surface area contributed by atoms with Gasteiger partial charge in [0.2, 0.25) is 0 Å². The van der Waals surface area contributed by atoms with Crippen molar-refractivity contribution in [2.45, 2.75) is 58.3 Å². The van der Waals surface area contributed by atoms with Gasteiger partial charge in [0.1, 0.15) is 0 Å². The van der Waals surface area contributed by atoms with Gasteiger partial charge >= 0.3 is 23.1 Å². The molecule has 1 aromatic carbocycles. The summed E-state index contributed by atoms with van der Waals surface area (Å²) in [4.78, 5) is 0. The van der Waals surface area contributed by atoms with E-state index in [-0.39, 0.29) is 23.1 Å². The molecule has 1 aromatic rings. The van der Waals surface area contributed by atoms with Crippen molar-refractivity contribution < 1.29 is 0 Å². The Morgan fingerprint density at radius 1 is 0.750 bits per heavy atom. The first-order valence-electron chi connectivity index (χ1n) is 6.47. The van der Waals surface area contributed by atoms with Crippen LogP contribution in [0.2, 0.25) is 0 Å². The minimum atomic E-state index is 0. The van der Waals surface area contributed by atoms with Crippen LogP contribution < -0.4 is 0 Å². The Morgan fingerprint density at radius 3 is 1.94 bits per heavy atom. The Balaban J connectivity index is 0.00000225. The van der Waals surface area contributed by atoms with Crippen molar-refractivity contribution in [3.63, 3.8) is 0 Å². The number of rotatable bonds is 8. The lowest BCUT2D eigenvalue weighted by Crippen LogP contribution is -1.85. The molecule has 0 saturated carbocycles. The highest BCUT2D eigenvalue weighted by Gasteiger charge is 1.92. The second-order valence-electron chi connectivity index (χ2n) is 4.36. The summed E-state index contributed by atoms with van der Waals surface area (Å²) in [5, 5.41) is 0. The fraction of sp³-hybridized carbons (Fsp3) is 0.600. The fourth-order valence-corrected chi connectivity index (χ4v) is 1.93. The molecule has 0 nitrogen and oxygen atoms in total. The van der Waals surface area contributed by atoms with Crippen molar-refractivity contribution in [1.29, 1.82) is 0 Å². The Bertz CT molecular complexity index is 230. The lowest BCUT2D eigenvalue weighted by Gasteiger charge is -2.01. The molecule has 0 atom stereocenters. The van der Waals surface area contributed by atoms with Gasteiger partial charge in [-0.25, -0.2) is 0 Å². The third kappa shape index (κ3) is 8.17. The van der Waals surface area contributed by atoms with Gasteiger partial charge in [0.05, 0.1) is 0 Å². The SMILES string of the molecule is CCCCCCCCCc1ccccc1.[MgH2]. The summed E-state index contributed by atoms with van der Waals surface area (Å²) in [6.07, 6.45) is 11.1. The highest BCUT2D eigenvalue weighted by Crippen LogP contribution is 2.10. The molecule has 0 aliphatic heterocycles. The predicted molar refractivity (Wildman–Crippen MR) is 76.7 cm³/mol. The Kier molecular flexibility index (Phi) is 11.5. The van der Waals surface area contributed by atoms with Gasteiger partial charge in [-0.05, 0) is 18.4 Å². The Morgan fingerprint density at radius 2 is 1.31 bits per heavy atom. The molecule has 0 aliphatic rings. The fourth-order valence-electron chi connectivity index (χ4n) is 1.93. The smallest absolute Gasteiger partial charge is 0.0654 e. The molecule has 0 unspecified atom stereocenters. The average Bonchev–Trinajstić information content (AvgIpc) is 2.29. The van der Waals surface area contributed by atoms with Crippen molar-refractivity contribution in [2.75, 3.05) is 0 Å². The quantitative estimate of drug-likeness (QED) is 0.467. The van der Waals surface area contributed by atoms with Crippen molar-refractivity contribution in [2.24, 2.45) is 0 Å². The van der Waals surface area contributed by atoms with Gasteiger partial charge in [0, 0.05) is 0 Å². The van der Waals surface area contributed by atoms with E-state index in [0.717, 1.165) is 0 Å². The molecular weight excluding hydrogens is 204 g/mol. The first kappa shape index (κ1) is 16.0. The van der Waals surface area contributed by atoms with E-state index in [0.29, 0.717) is 0 Å². The van der Waals surface area contributed by atoms with Gasteiger partial charge in [-0.1, -0.05) is 75.8 Å². The molecule has 0 N–H and O–H groups in total. The maximum Gasteiger partial charge on any atom is 0.316 e. The zero-order chi connectivity index (χ0) is 10.8. The van der Waals surface area contributed by atoms with Gasteiger partial charge in [0.25, 0.3) is 0 Å². The summed E-state index contributed by atoms with van der Waals surface area (Å²) in [7, 11) is 0. The van der Waals surface area contributed by atoms with E-state index in [1.807, 2.05) is 0 Å². The maximum absolute atomic E-state index is 2.27.